The third-order valence-electron chi connectivity index (χ3n) is 4.29. The number of benzene rings is 1. The van der Waals surface area contributed by atoms with Crippen molar-refractivity contribution in [1.29, 1.82) is 0 Å². The van der Waals surface area contributed by atoms with Crippen LogP contribution in [0.2, 0.25) is 0 Å². The van der Waals surface area contributed by atoms with Crippen molar-refractivity contribution in [2.24, 2.45) is 5.41 Å². The lowest BCUT2D eigenvalue weighted by Gasteiger charge is -2.31. The van der Waals surface area contributed by atoms with Crippen LogP contribution in [0.4, 0.5) is 13.2 Å². The van der Waals surface area contributed by atoms with E-state index in [9.17, 15) is 22.8 Å². The number of carbonyl (C=O) groups is 2. The van der Waals surface area contributed by atoms with Crippen molar-refractivity contribution in [2.75, 3.05) is 13.1 Å². The van der Waals surface area contributed by atoms with Gasteiger partial charge in [-0.15, -0.1) is 0 Å². The Morgan fingerprint density at radius 2 is 1.96 bits per heavy atom. The van der Waals surface area contributed by atoms with Crippen molar-refractivity contribution < 1.29 is 27.9 Å². The van der Waals surface area contributed by atoms with Crippen molar-refractivity contribution in [2.45, 2.75) is 32.1 Å². The van der Waals surface area contributed by atoms with E-state index in [0.717, 1.165) is 12.5 Å². The Bertz CT molecular complexity index is 606. The summed E-state index contributed by atoms with van der Waals surface area (Å²) >= 11 is 0. The van der Waals surface area contributed by atoms with Crippen LogP contribution in [-0.4, -0.2) is 47.2 Å². The fourth-order valence-corrected chi connectivity index (χ4v) is 2.81. The fourth-order valence-electron chi connectivity index (χ4n) is 2.81. The number of hydrogen-bond acceptors (Lipinski definition) is 3. The third kappa shape index (κ3) is 3.69. The summed E-state index contributed by atoms with van der Waals surface area (Å²) in [4.78, 5) is 24.6. The number of carboxylic acids is 1. The van der Waals surface area contributed by atoms with Crippen LogP contribution >= 0.6 is 0 Å². The number of carboxylic acid groups (broad SMARTS) is 1. The molecule has 0 aromatic heterocycles. The van der Waals surface area contributed by atoms with Gasteiger partial charge in [-0.05, 0) is 25.5 Å². The molecule has 0 saturated carbocycles. The van der Waals surface area contributed by atoms with Crippen molar-refractivity contribution >= 4 is 11.9 Å². The molecule has 24 heavy (non-hydrogen) atoms. The second kappa shape index (κ2) is 6.80. The third-order valence-corrected chi connectivity index (χ3v) is 4.29. The highest BCUT2D eigenvalue weighted by Gasteiger charge is 2.63. The number of nitrogens with one attached hydrogen (secondary N) is 1. The van der Waals surface area contributed by atoms with Gasteiger partial charge in [0.15, 0.2) is 5.41 Å². The maximum atomic E-state index is 13.6. The number of nitrogens with zero attached hydrogens (tertiary/aromatic N) is 1. The first-order chi connectivity index (χ1) is 11.2. The number of amides is 1. The number of alkyl halides is 3. The molecule has 0 radical (unpaired) electrons. The zero-order valence-corrected chi connectivity index (χ0v) is 13.1. The summed E-state index contributed by atoms with van der Waals surface area (Å²) < 4.78 is 40.8. The van der Waals surface area contributed by atoms with E-state index in [4.69, 9.17) is 5.11 Å². The molecule has 0 bridgehead atoms. The minimum Gasteiger partial charge on any atom is -0.480 e. The summed E-state index contributed by atoms with van der Waals surface area (Å²) in [6.45, 7) is 1.08. The van der Waals surface area contributed by atoms with E-state index in [-0.39, 0.29) is 13.0 Å². The Hall–Kier alpha value is -2.09. The minimum absolute atomic E-state index is 0.114. The maximum Gasteiger partial charge on any atom is 0.404 e. The summed E-state index contributed by atoms with van der Waals surface area (Å²) in [7, 11) is 0. The van der Waals surface area contributed by atoms with Crippen LogP contribution in [0.3, 0.4) is 0 Å². The minimum atomic E-state index is -4.75. The van der Waals surface area contributed by atoms with E-state index in [1.807, 2.05) is 11.4 Å². The van der Waals surface area contributed by atoms with E-state index < -0.39 is 36.1 Å². The average Bonchev–Trinajstić information content (AvgIpc) is 2.93. The van der Waals surface area contributed by atoms with Crippen molar-refractivity contribution in [1.82, 2.24) is 10.2 Å². The quantitative estimate of drug-likeness (QED) is 0.858. The molecule has 8 heteroatoms. The van der Waals surface area contributed by atoms with Gasteiger partial charge in [0, 0.05) is 13.1 Å². The van der Waals surface area contributed by atoms with Gasteiger partial charge < -0.3 is 10.4 Å². The second-order valence-electron chi connectivity index (χ2n) is 6.06. The highest BCUT2D eigenvalue weighted by molar-refractivity contribution is 5.88. The molecule has 1 unspecified atom stereocenters. The summed E-state index contributed by atoms with van der Waals surface area (Å²) in [6, 6.07) is 7.64. The van der Waals surface area contributed by atoms with Gasteiger partial charge >= 0.3 is 12.1 Å². The van der Waals surface area contributed by atoms with E-state index in [1.54, 1.807) is 29.2 Å². The van der Waals surface area contributed by atoms with Crippen LogP contribution in [0.25, 0.3) is 0 Å². The first-order valence-electron chi connectivity index (χ1n) is 7.52. The van der Waals surface area contributed by atoms with E-state index in [0.29, 0.717) is 6.54 Å². The van der Waals surface area contributed by atoms with Gasteiger partial charge in [0.25, 0.3) is 0 Å². The monoisotopic (exact) mass is 344 g/mol. The Morgan fingerprint density at radius 3 is 2.50 bits per heavy atom. The number of aliphatic carboxylic acids is 1. The standard InChI is InChI=1S/C16H19F3N2O3/c1-11(13(22)23)20-14(24)15(16(17,18)19)7-8-21(10-15)9-12-5-3-2-4-6-12/h2-6,11H,7-10H2,1H3,(H,20,24)(H,22,23)/t11-,15?/m0/s1. The SMILES string of the molecule is C[C@H](NC(=O)C1(C(F)(F)F)CCN(Cc2ccccc2)C1)C(=O)O. The molecule has 1 saturated heterocycles. The molecule has 1 aliphatic heterocycles. The molecule has 5 nitrogen and oxygen atoms in total. The fraction of sp³-hybridized carbons (Fsp3) is 0.500. The molecule has 1 aliphatic rings. The van der Waals surface area contributed by atoms with E-state index in [2.05, 4.69) is 0 Å². The van der Waals surface area contributed by atoms with Crippen molar-refractivity contribution in [3.8, 4) is 0 Å². The molecule has 2 atom stereocenters. The molecule has 2 rings (SSSR count). The summed E-state index contributed by atoms with van der Waals surface area (Å²) in [5, 5.41) is 10.8. The molecular weight excluding hydrogens is 325 g/mol. The number of carbonyl (C=O) groups excluding carboxylic acids is 1. The molecule has 1 fully saturated rings. The number of likely N-dealkylation sites (tertiary alicyclic amines) is 1. The van der Waals surface area contributed by atoms with Gasteiger partial charge in [0.2, 0.25) is 5.91 Å². The second-order valence-corrected chi connectivity index (χ2v) is 6.06. The average molecular weight is 344 g/mol. The van der Waals surface area contributed by atoms with Gasteiger partial charge in [-0.3, -0.25) is 14.5 Å². The predicted octanol–water partition coefficient (Wildman–Crippen LogP) is 2.03. The Kier molecular flexibility index (Phi) is 5.17. The first kappa shape index (κ1) is 18.3. The summed E-state index contributed by atoms with van der Waals surface area (Å²) in [5.74, 6) is -2.65. The normalized spacial score (nSPS) is 23.0. The molecule has 1 amide bonds. The van der Waals surface area contributed by atoms with Crippen LogP contribution < -0.4 is 5.32 Å². The largest absolute Gasteiger partial charge is 0.480 e. The molecule has 1 aromatic rings. The van der Waals surface area contributed by atoms with E-state index in [1.165, 1.54) is 0 Å². The van der Waals surface area contributed by atoms with Crippen LogP contribution in [0, 0.1) is 5.41 Å². The molecule has 1 aromatic carbocycles. The van der Waals surface area contributed by atoms with Crippen LogP contribution in [-0.2, 0) is 16.1 Å². The van der Waals surface area contributed by atoms with Crippen LogP contribution in [0.5, 0.6) is 0 Å². The lowest BCUT2D eigenvalue weighted by Crippen LogP contribution is -2.55. The molecule has 132 valence electrons. The smallest absolute Gasteiger partial charge is 0.404 e. The predicted molar refractivity (Wildman–Crippen MR) is 80.1 cm³/mol. The molecule has 2 N–H and O–H groups in total. The topological polar surface area (TPSA) is 69.6 Å². The Labute approximate surface area is 137 Å². The molecule has 1 heterocycles. The van der Waals surface area contributed by atoms with Crippen molar-refractivity contribution in [3.05, 3.63) is 35.9 Å². The van der Waals surface area contributed by atoms with Gasteiger partial charge in [-0.1, -0.05) is 30.3 Å². The highest BCUT2D eigenvalue weighted by atomic mass is 19.4. The number of halogens is 3. The lowest BCUT2D eigenvalue weighted by molar-refractivity contribution is -0.218. The Balaban J connectivity index is 2.15. The summed E-state index contributed by atoms with van der Waals surface area (Å²) in [5.41, 5.74) is -1.72. The molecule has 0 spiro atoms. The van der Waals surface area contributed by atoms with Gasteiger partial charge in [0.05, 0.1) is 0 Å². The van der Waals surface area contributed by atoms with Crippen molar-refractivity contribution in [3.63, 3.8) is 0 Å². The van der Waals surface area contributed by atoms with Gasteiger partial charge in [0.1, 0.15) is 6.04 Å². The van der Waals surface area contributed by atoms with Gasteiger partial charge in [-0.25, -0.2) is 0 Å². The maximum absolute atomic E-state index is 13.6. The molecular formula is C16H19F3N2O3. The van der Waals surface area contributed by atoms with Gasteiger partial charge in [-0.2, -0.15) is 13.2 Å². The number of rotatable bonds is 5. The zero-order chi connectivity index (χ0) is 18.0. The zero-order valence-electron chi connectivity index (χ0n) is 13.1. The molecule has 0 aliphatic carbocycles. The van der Waals surface area contributed by atoms with E-state index >= 15 is 0 Å². The first-order valence-corrected chi connectivity index (χ1v) is 7.52. The van der Waals surface area contributed by atoms with Crippen LogP contribution in [0.1, 0.15) is 18.9 Å². The number of hydrogen-bond donors (Lipinski definition) is 2. The highest BCUT2D eigenvalue weighted by Crippen LogP contribution is 2.46. The Morgan fingerprint density at radius 1 is 1.33 bits per heavy atom. The summed E-state index contributed by atoms with van der Waals surface area (Å²) in [6.07, 6.45) is -5.14. The lowest BCUT2D eigenvalue weighted by atomic mass is 9.85. The van der Waals surface area contributed by atoms with Crippen LogP contribution in [0.15, 0.2) is 30.3 Å².